The number of ether oxygens (including phenoxy) is 2. The van der Waals surface area contributed by atoms with E-state index in [1.165, 1.54) is 11.1 Å². The van der Waals surface area contributed by atoms with Gasteiger partial charge in [-0.15, -0.1) is 0 Å². The van der Waals surface area contributed by atoms with Crippen molar-refractivity contribution in [2.24, 2.45) is 0 Å². The number of hydrogen-bond donors (Lipinski definition) is 1. The van der Waals surface area contributed by atoms with Crippen molar-refractivity contribution in [2.45, 2.75) is 33.3 Å². The van der Waals surface area contributed by atoms with E-state index in [-0.39, 0.29) is 0 Å². The topological polar surface area (TPSA) is 30.5 Å². The summed E-state index contributed by atoms with van der Waals surface area (Å²) >= 11 is 0. The number of rotatable bonds is 11. The number of likely N-dealkylation sites (N-methyl/N-ethyl adjacent to an activating group) is 1. The van der Waals surface area contributed by atoms with E-state index in [1.807, 2.05) is 0 Å². The molecule has 1 aromatic carbocycles. The lowest BCUT2D eigenvalue weighted by Gasteiger charge is -2.10. The fourth-order valence-corrected chi connectivity index (χ4v) is 1.89. The Bertz CT molecular complexity index is 328. The first kappa shape index (κ1) is 16.2. The molecule has 0 amide bonds. The van der Waals surface area contributed by atoms with E-state index in [0.29, 0.717) is 19.8 Å². The summed E-state index contributed by atoms with van der Waals surface area (Å²) in [5.74, 6) is 0. The molecule has 0 heterocycles. The zero-order chi connectivity index (χ0) is 13.8. The first-order chi connectivity index (χ1) is 9.38. The minimum atomic E-state index is 0.668. The maximum atomic E-state index is 5.67. The highest BCUT2D eigenvalue weighted by Crippen LogP contribution is 2.10. The van der Waals surface area contributed by atoms with Gasteiger partial charge in [0.1, 0.15) is 0 Å². The van der Waals surface area contributed by atoms with Gasteiger partial charge in [-0.1, -0.05) is 38.1 Å². The number of benzene rings is 1. The summed E-state index contributed by atoms with van der Waals surface area (Å²) in [6.07, 6.45) is 2.12. The van der Waals surface area contributed by atoms with Crippen molar-refractivity contribution >= 4 is 0 Å². The molecule has 19 heavy (non-hydrogen) atoms. The van der Waals surface area contributed by atoms with Gasteiger partial charge in [-0.3, -0.25) is 0 Å². The molecule has 0 radical (unpaired) electrons. The van der Waals surface area contributed by atoms with Crippen LogP contribution in [-0.4, -0.2) is 32.9 Å². The predicted molar refractivity (Wildman–Crippen MR) is 79.5 cm³/mol. The standard InChI is InChI=1S/C16H27NO2/c1-3-11-18-12-13-19-14-16-8-6-5-7-15(16)9-10-17-4-2/h5-8,17H,3-4,9-14H2,1-2H3. The maximum absolute atomic E-state index is 5.67. The second-order valence-electron chi connectivity index (χ2n) is 4.54. The van der Waals surface area contributed by atoms with Crippen molar-refractivity contribution in [3.63, 3.8) is 0 Å². The first-order valence-electron chi connectivity index (χ1n) is 7.31. The van der Waals surface area contributed by atoms with E-state index in [2.05, 4.69) is 43.4 Å². The lowest BCUT2D eigenvalue weighted by Crippen LogP contribution is -2.17. The van der Waals surface area contributed by atoms with Crippen LogP contribution in [0.4, 0.5) is 0 Å². The van der Waals surface area contributed by atoms with Crippen LogP contribution in [0.3, 0.4) is 0 Å². The zero-order valence-corrected chi connectivity index (χ0v) is 12.3. The average molecular weight is 265 g/mol. The molecular formula is C16H27NO2. The Labute approximate surface area is 117 Å². The van der Waals surface area contributed by atoms with Crippen LogP contribution in [0.2, 0.25) is 0 Å². The second-order valence-corrected chi connectivity index (χ2v) is 4.54. The van der Waals surface area contributed by atoms with Gasteiger partial charge in [-0.25, -0.2) is 0 Å². The van der Waals surface area contributed by atoms with Crippen molar-refractivity contribution in [2.75, 3.05) is 32.9 Å². The normalized spacial score (nSPS) is 10.8. The smallest absolute Gasteiger partial charge is 0.0720 e. The van der Waals surface area contributed by atoms with Gasteiger partial charge in [0.15, 0.2) is 0 Å². The molecule has 1 aromatic rings. The quantitative estimate of drug-likeness (QED) is 0.624. The molecule has 1 rings (SSSR count). The minimum absolute atomic E-state index is 0.668. The second kappa shape index (κ2) is 11.0. The largest absolute Gasteiger partial charge is 0.379 e. The highest BCUT2D eigenvalue weighted by atomic mass is 16.5. The molecule has 3 heteroatoms. The molecule has 0 aliphatic rings. The summed E-state index contributed by atoms with van der Waals surface area (Å²) in [7, 11) is 0. The van der Waals surface area contributed by atoms with Crippen molar-refractivity contribution in [3.05, 3.63) is 35.4 Å². The van der Waals surface area contributed by atoms with E-state index in [9.17, 15) is 0 Å². The molecule has 0 aliphatic carbocycles. The third-order valence-corrected chi connectivity index (χ3v) is 2.92. The van der Waals surface area contributed by atoms with Gasteiger partial charge in [0.05, 0.1) is 19.8 Å². The average Bonchev–Trinajstić information content (AvgIpc) is 2.44. The molecule has 0 bridgehead atoms. The summed E-state index contributed by atoms with van der Waals surface area (Å²) in [5, 5.41) is 3.35. The fraction of sp³-hybridized carbons (Fsp3) is 0.625. The van der Waals surface area contributed by atoms with E-state index >= 15 is 0 Å². The van der Waals surface area contributed by atoms with E-state index in [4.69, 9.17) is 9.47 Å². The summed E-state index contributed by atoms with van der Waals surface area (Å²) in [6, 6.07) is 8.50. The molecule has 0 unspecified atom stereocenters. The van der Waals surface area contributed by atoms with Gasteiger partial charge in [0, 0.05) is 6.61 Å². The fourth-order valence-electron chi connectivity index (χ4n) is 1.89. The van der Waals surface area contributed by atoms with Gasteiger partial charge >= 0.3 is 0 Å². The lowest BCUT2D eigenvalue weighted by atomic mass is 10.1. The van der Waals surface area contributed by atoms with Crippen molar-refractivity contribution < 1.29 is 9.47 Å². The Balaban J connectivity index is 2.27. The van der Waals surface area contributed by atoms with Crippen LogP contribution in [0.1, 0.15) is 31.4 Å². The van der Waals surface area contributed by atoms with Crippen LogP contribution in [0.5, 0.6) is 0 Å². The summed E-state index contributed by atoms with van der Waals surface area (Å²) in [5.41, 5.74) is 2.66. The molecule has 3 nitrogen and oxygen atoms in total. The van der Waals surface area contributed by atoms with Crippen LogP contribution in [-0.2, 0) is 22.5 Å². The van der Waals surface area contributed by atoms with Gasteiger partial charge < -0.3 is 14.8 Å². The predicted octanol–water partition coefficient (Wildman–Crippen LogP) is 2.78. The van der Waals surface area contributed by atoms with Crippen LogP contribution in [0.15, 0.2) is 24.3 Å². The van der Waals surface area contributed by atoms with E-state index < -0.39 is 0 Å². The maximum Gasteiger partial charge on any atom is 0.0720 e. The highest BCUT2D eigenvalue weighted by molar-refractivity contribution is 5.26. The van der Waals surface area contributed by atoms with Gasteiger partial charge in [-0.2, -0.15) is 0 Å². The van der Waals surface area contributed by atoms with Crippen LogP contribution in [0, 0.1) is 0 Å². The van der Waals surface area contributed by atoms with Crippen molar-refractivity contribution in [1.82, 2.24) is 5.32 Å². The summed E-state index contributed by atoms with van der Waals surface area (Å²) in [6.45, 7) is 9.14. The summed E-state index contributed by atoms with van der Waals surface area (Å²) < 4.78 is 11.1. The SMILES string of the molecule is CCCOCCOCc1ccccc1CCNCC. The highest BCUT2D eigenvalue weighted by Gasteiger charge is 2.01. The molecule has 0 atom stereocenters. The third kappa shape index (κ3) is 7.31. The van der Waals surface area contributed by atoms with Gasteiger partial charge in [0.25, 0.3) is 0 Å². The van der Waals surface area contributed by atoms with Gasteiger partial charge in [-0.05, 0) is 37.1 Å². The molecular weight excluding hydrogens is 238 g/mol. The Morgan fingerprint density at radius 3 is 2.42 bits per heavy atom. The lowest BCUT2D eigenvalue weighted by molar-refractivity contribution is 0.0406. The van der Waals surface area contributed by atoms with Gasteiger partial charge in [0.2, 0.25) is 0 Å². The molecule has 0 saturated carbocycles. The third-order valence-electron chi connectivity index (χ3n) is 2.92. The molecule has 108 valence electrons. The van der Waals surface area contributed by atoms with Crippen LogP contribution >= 0.6 is 0 Å². The van der Waals surface area contributed by atoms with Crippen LogP contribution in [0.25, 0.3) is 0 Å². The first-order valence-corrected chi connectivity index (χ1v) is 7.31. The number of hydrogen-bond acceptors (Lipinski definition) is 3. The Morgan fingerprint density at radius 1 is 0.947 bits per heavy atom. The molecule has 0 saturated heterocycles. The Kier molecular flexibility index (Phi) is 9.33. The molecule has 0 fully saturated rings. The zero-order valence-electron chi connectivity index (χ0n) is 12.3. The van der Waals surface area contributed by atoms with Crippen molar-refractivity contribution in [3.8, 4) is 0 Å². The Hall–Kier alpha value is -0.900. The minimum Gasteiger partial charge on any atom is -0.379 e. The van der Waals surface area contributed by atoms with E-state index in [1.54, 1.807) is 0 Å². The van der Waals surface area contributed by atoms with Crippen LogP contribution < -0.4 is 5.32 Å². The molecule has 0 spiro atoms. The monoisotopic (exact) mass is 265 g/mol. The van der Waals surface area contributed by atoms with Crippen molar-refractivity contribution in [1.29, 1.82) is 0 Å². The molecule has 0 aromatic heterocycles. The Morgan fingerprint density at radius 2 is 1.68 bits per heavy atom. The van der Waals surface area contributed by atoms with E-state index in [0.717, 1.165) is 32.5 Å². The summed E-state index contributed by atoms with van der Waals surface area (Å²) in [4.78, 5) is 0. The number of nitrogens with one attached hydrogen (secondary N) is 1. The molecule has 1 N–H and O–H groups in total. The molecule has 0 aliphatic heterocycles.